The third kappa shape index (κ3) is 3.69. The van der Waals surface area contributed by atoms with Gasteiger partial charge in [0.15, 0.2) is 0 Å². The van der Waals surface area contributed by atoms with E-state index < -0.39 is 12.2 Å². The van der Waals surface area contributed by atoms with Crippen molar-refractivity contribution in [1.82, 2.24) is 9.55 Å². The highest BCUT2D eigenvalue weighted by molar-refractivity contribution is 7.16. The molecule has 0 amide bonds. The van der Waals surface area contributed by atoms with Crippen LogP contribution in [0.2, 0.25) is 4.34 Å². The van der Waals surface area contributed by atoms with E-state index in [0.29, 0.717) is 28.1 Å². The molecule has 0 saturated carbocycles. The zero-order valence-electron chi connectivity index (χ0n) is 15.9. The quantitative estimate of drug-likeness (QED) is 0.699. The molecule has 0 aliphatic carbocycles. The zero-order chi connectivity index (χ0) is 21.0. The van der Waals surface area contributed by atoms with Crippen LogP contribution in [0.25, 0.3) is 0 Å². The van der Waals surface area contributed by atoms with Crippen molar-refractivity contribution >= 4 is 34.7 Å². The number of morpholine rings is 1. The van der Waals surface area contributed by atoms with Gasteiger partial charge in [-0.15, -0.1) is 11.3 Å². The maximum absolute atomic E-state index is 13.9. The van der Waals surface area contributed by atoms with E-state index in [-0.39, 0.29) is 43.2 Å². The van der Waals surface area contributed by atoms with Crippen LogP contribution in [0.4, 0.5) is 24.9 Å². The average Bonchev–Trinajstić information content (AvgIpc) is 3.25. The largest absolute Gasteiger partial charge is 0.408 e. The summed E-state index contributed by atoms with van der Waals surface area (Å²) in [6.45, 7) is 1.17. The molecule has 2 aromatic heterocycles. The number of anilines is 2. The Bertz CT molecular complexity index is 998. The number of alkyl halides is 3. The number of rotatable bonds is 3. The van der Waals surface area contributed by atoms with E-state index in [1.165, 1.54) is 26.9 Å². The van der Waals surface area contributed by atoms with Crippen molar-refractivity contribution in [3.63, 3.8) is 0 Å². The smallest absolute Gasteiger partial charge is 0.371 e. The van der Waals surface area contributed by atoms with E-state index in [1.54, 1.807) is 12.1 Å². The van der Waals surface area contributed by atoms with Crippen molar-refractivity contribution in [1.29, 1.82) is 0 Å². The highest BCUT2D eigenvalue weighted by Gasteiger charge is 2.47. The first-order chi connectivity index (χ1) is 14.3. The highest BCUT2D eigenvalue weighted by Crippen LogP contribution is 2.37. The van der Waals surface area contributed by atoms with Gasteiger partial charge in [-0.05, 0) is 31.4 Å². The number of aromatic nitrogens is 2. The monoisotopic (exact) mass is 460 g/mol. The van der Waals surface area contributed by atoms with Gasteiger partial charge in [0.1, 0.15) is 11.9 Å². The Kier molecular flexibility index (Phi) is 4.98. The fourth-order valence-corrected chi connectivity index (χ4v) is 5.63. The Morgan fingerprint density at radius 2 is 1.93 bits per heavy atom. The van der Waals surface area contributed by atoms with Gasteiger partial charge in [0.05, 0.1) is 23.1 Å². The number of thiophene rings is 1. The van der Waals surface area contributed by atoms with Gasteiger partial charge in [0, 0.05) is 30.6 Å². The molecule has 3 aliphatic heterocycles. The first-order valence-corrected chi connectivity index (χ1v) is 11.1. The van der Waals surface area contributed by atoms with Crippen molar-refractivity contribution in [2.75, 3.05) is 22.9 Å². The molecule has 3 atom stereocenters. The van der Waals surface area contributed by atoms with Crippen LogP contribution in [0.5, 0.6) is 0 Å². The minimum absolute atomic E-state index is 0.00812. The lowest BCUT2D eigenvalue weighted by Gasteiger charge is -2.40. The highest BCUT2D eigenvalue weighted by atomic mass is 35.5. The minimum Gasteiger partial charge on any atom is -0.371 e. The summed E-state index contributed by atoms with van der Waals surface area (Å²) in [4.78, 5) is 21.2. The van der Waals surface area contributed by atoms with Crippen molar-refractivity contribution in [2.45, 2.75) is 56.8 Å². The second-order valence-corrected chi connectivity index (χ2v) is 9.75. The summed E-state index contributed by atoms with van der Waals surface area (Å²) in [5.74, 6) is 0.484. The van der Waals surface area contributed by atoms with Gasteiger partial charge in [-0.1, -0.05) is 11.6 Å². The van der Waals surface area contributed by atoms with E-state index in [1.807, 2.05) is 4.90 Å². The molecule has 5 rings (SSSR count). The van der Waals surface area contributed by atoms with Crippen molar-refractivity contribution in [3.05, 3.63) is 37.8 Å². The predicted molar refractivity (Wildman–Crippen MR) is 109 cm³/mol. The molecule has 162 valence electrons. The van der Waals surface area contributed by atoms with E-state index in [0.717, 1.165) is 12.8 Å². The van der Waals surface area contributed by atoms with Crippen LogP contribution >= 0.6 is 22.9 Å². The summed E-state index contributed by atoms with van der Waals surface area (Å²) in [6.07, 6.45) is -2.57. The molecule has 11 heteroatoms. The molecule has 6 nitrogen and oxygen atoms in total. The zero-order valence-corrected chi connectivity index (χ0v) is 17.5. The maximum Gasteiger partial charge on any atom is 0.408 e. The van der Waals surface area contributed by atoms with Crippen LogP contribution < -0.4 is 15.4 Å². The number of hydrogen-bond donors (Lipinski definition) is 0. The standard InChI is InChI=1S/C19H20ClF3N4O2S/c20-15-4-3-13(30-15)10-27-14(19(21,22)23)5-6-26-17(28)7-16(24-18(26)27)25-8-11-1-2-12(9-25)29-11/h3-4,7,11-12,14H,1-2,5-6,8-10H2/t11-,12?,14?/m0/s1. The molecule has 3 aliphatic rings. The molecular formula is C19H20ClF3N4O2S. The third-order valence-electron chi connectivity index (χ3n) is 5.93. The molecule has 2 saturated heterocycles. The van der Waals surface area contributed by atoms with Gasteiger partial charge in [-0.25, -0.2) is 0 Å². The molecule has 0 N–H and O–H groups in total. The van der Waals surface area contributed by atoms with Crippen molar-refractivity contribution in [3.8, 4) is 0 Å². The molecule has 2 aromatic rings. The van der Waals surface area contributed by atoms with Gasteiger partial charge in [0.2, 0.25) is 5.95 Å². The van der Waals surface area contributed by atoms with Gasteiger partial charge < -0.3 is 14.5 Å². The molecule has 0 radical (unpaired) electrons. The Balaban J connectivity index is 1.55. The Labute approximate surface area is 179 Å². The maximum atomic E-state index is 13.9. The summed E-state index contributed by atoms with van der Waals surface area (Å²) in [5.41, 5.74) is -0.330. The summed E-state index contributed by atoms with van der Waals surface area (Å²) in [6, 6.07) is 3.10. The second kappa shape index (κ2) is 7.42. The number of ether oxygens (including phenoxy) is 1. The van der Waals surface area contributed by atoms with Crippen molar-refractivity contribution in [2.24, 2.45) is 0 Å². The Hall–Kier alpha value is -1.78. The lowest BCUT2D eigenvalue weighted by molar-refractivity contribution is -0.153. The fourth-order valence-electron chi connectivity index (χ4n) is 4.55. The molecule has 2 bridgehead atoms. The molecule has 2 fully saturated rings. The summed E-state index contributed by atoms with van der Waals surface area (Å²) in [7, 11) is 0. The van der Waals surface area contributed by atoms with Crippen LogP contribution in [0.15, 0.2) is 23.0 Å². The molecular weight excluding hydrogens is 441 g/mol. The molecule has 30 heavy (non-hydrogen) atoms. The van der Waals surface area contributed by atoms with E-state index in [9.17, 15) is 18.0 Å². The fraction of sp³-hybridized carbons (Fsp3) is 0.579. The predicted octanol–water partition coefficient (Wildman–Crippen LogP) is 3.67. The Morgan fingerprint density at radius 3 is 2.57 bits per heavy atom. The summed E-state index contributed by atoms with van der Waals surface area (Å²) >= 11 is 7.21. The van der Waals surface area contributed by atoms with Crippen LogP contribution in [-0.2, 0) is 17.8 Å². The van der Waals surface area contributed by atoms with Gasteiger partial charge >= 0.3 is 6.18 Å². The number of fused-ring (bicyclic) bond motifs is 3. The molecule has 0 spiro atoms. The van der Waals surface area contributed by atoms with Gasteiger partial charge in [-0.2, -0.15) is 18.2 Å². The van der Waals surface area contributed by atoms with Crippen LogP contribution in [0, 0.1) is 0 Å². The summed E-state index contributed by atoms with van der Waals surface area (Å²) in [5, 5.41) is 0. The van der Waals surface area contributed by atoms with Crippen LogP contribution in [0.1, 0.15) is 24.1 Å². The van der Waals surface area contributed by atoms with Gasteiger partial charge in [-0.3, -0.25) is 9.36 Å². The van der Waals surface area contributed by atoms with Crippen LogP contribution in [0.3, 0.4) is 0 Å². The molecule has 2 unspecified atom stereocenters. The van der Waals surface area contributed by atoms with Crippen LogP contribution in [-0.4, -0.2) is 47.1 Å². The number of halogens is 4. The number of nitrogens with zero attached hydrogens (tertiary/aromatic N) is 4. The Morgan fingerprint density at radius 1 is 1.20 bits per heavy atom. The van der Waals surface area contributed by atoms with E-state index >= 15 is 0 Å². The second-order valence-electron chi connectivity index (χ2n) is 7.95. The van der Waals surface area contributed by atoms with Crippen molar-refractivity contribution < 1.29 is 17.9 Å². The van der Waals surface area contributed by atoms with E-state index in [4.69, 9.17) is 16.3 Å². The minimum atomic E-state index is -4.43. The average molecular weight is 461 g/mol. The molecule has 5 heterocycles. The normalized spacial score (nSPS) is 26.2. The SMILES string of the molecule is O=c1cc(N2CC3CC[C@@H](C2)O3)nc2n1CCC(C(F)(F)F)N2Cc1ccc(Cl)s1. The summed E-state index contributed by atoms with van der Waals surface area (Å²) < 4.78 is 49.2. The van der Waals surface area contributed by atoms with E-state index in [2.05, 4.69) is 4.98 Å². The lowest BCUT2D eigenvalue weighted by atomic mass is 10.1. The topological polar surface area (TPSA) is 50.6 Å². The lowest BCUT2D eigenvalue weighted by Crippen LogP contribution is -2.52. The first kappa shape index (κ1) is 20.1. The third-order valence-corrected chi connectivity index (χ3v) is 7.15. The van der Waals surface area contributed by atoms with Gasteiger partial charge in [0.25, 0.3) is 5.56 Å². The number of hydrogen-bond acceptors (Lipinski definition) is 6. The first-order valence-electron chi connectivity index (χ1n) is 9.88. The molecule has 0 aromatic carbocycles.